The predicted molar refractivity (Wildman–Crippen MR) is 22.3 cm³/mol. The van der Waals surface area contributed by atoms with Crippen molar-refractivity contribution in [2.45, 2.75) is 0 Å². The Kier molecular flexibility index (Phi) is 10800. The molecule has 0 spiro atoms. The Balaban J connectivity index is -0.00000000114. The first-order valence-electron chi connectivity index (χ1n) is 0.383. The van der Waals surface area contributed by atoms with E-state index < -0.39 is 0 Å². The van der Waals surface area contributed by atoms with E-state index in [-0.39, 0.29) is 53.0 Å². The molecule has 0 aromatic carbocycles. The van der Waals surface area contributed by atoms with E-state index in [1.165, 1.54) is 0 Å². The molecule has 11 N–H and O–H groups in total. The van der Waals surface area contributed by atoms with E-state index in [9.17, 15) is 0 Å². The van der Waals surface area contributed by atoms with Crippen LogP contribution in [0.1, 0.15) is 0 Å². The van der Waals surface area contributed by atoms with E-state index in [0.717, 1.165) is 0 Å². The van der Waals surface area contributed by atoms with Crippen LogP contribution in [0.5, 0.6) is 0 Å². The van der Waals surface area contributed by atoms with Gasteiger partial charge in [0, 0.05) is 31.1 Å². The maximum Gasteiger partial charge on any atom is 0 e. The van der Waals surface area contributed by atoms with Crippen LogP contribution in [-0.2, 0) is 0 Å². The number of hydrogen-bond donors (Lipinski definition) is 3. The summed E-state index contributed by atoms with van der Waals surface area (Å²) in [7, 11) is 0. The van der Waals surface area contributed by atoms with Gasteiger partial charge in [0.05, 0.1) is 0 Å². The van der Waals surface area contributed by atoms with Crippen LogP contribution in [0.25, 0.3) is 0 Å². The van der Waals surface area contributed by atoms with Crippen molar-refractivity contribution in [3.63, 3.8) is 0 Å². The van der Waals surface area contributed by atoms with Gasteiger partial charge in [-0.2, -0.15) is 0 Å². The molecule has 0 aromatic heterocycles. The van der Waals surface area contributed by atoms with E-state index in [2.05, 4.69) is 0 Å². The molecule has 8 nitrogen and oxygen atoms in total. The van der Waals surface area contributed by atoms with E-state index >= 15 is 0 Å². The zero-order valence-electron chi connectivity index (χ0n) is 4.25. The largest absolute Gasteiger partial charge is 0.727 e. The molecule has 0 amide bonds. The summed E-state index contributed by atoms with van der Waals surface area (Å²) in [5.41, 5.74) is 0. The minimum atomic E-state index is 0. The van der Waals surface area contributed by atoms with Crippen LogP contribution in [0.2, 0.25) is 0 Å². The Bertz CT molecular complexity index is 4.53. The molecule has 0 saturated heterocycles. The molecule has 9 heteroatoms. The molecule has 0 radical (unpaired) electrons. The Morgan fingerprint density at radius 3 is 0.667 bits per heavy atom. The quantitative estimate of drug-likeness (QED) is 0.281. The maximum absolute atomic E-state index is 7.25. The van der Waals surface area contributed by atoms with Gasteiger partial charge in [-0.25, -0.2) is 0 Å². The smallest absolute Gasteiger partial charge is 0 e. The summed E-state index contributed by atoms with van der Waals surface area (Å²) in [6.45, 7) is 0. The fourth-order valence-electron chi connectivity index (χ4n) is 0. The van der Waals surface area contributed by atoms with E-state index in [0.29, 0.717) is 0 Å². The van der Waals surface area contributed by atoms with Crippen LogP contribution in [0.15, 0.2) is 0 Å². The van der Waals surface area contributed by atoms with Crippen LogP contribution in [0, 0.1) is 31.1 Å². The van der Waals surface area contributed by atoms with Gasteiger partial charge in [-0.3, -0.25) is 10.5 Å². The Hall–Kier alpha value is 0.732. The first-order valence-corrected chi connectivity index (χ1v) is 0.383. The topological polar surface area (TPSA) is 210 Å². The van der Waals surface area contributed by atoms with Crippen LogP contribution in [-0.4, -0.2) is 37.7 Å². The van der Waals surface area contributed by atoms with Crippen molar-refractivity contribution in [2.75, 3.05) is 0 Å². The van der Waals surface area contributed by atoms with E-state index in [4.69, 9.17) is 21.0 Å². The fourth-order valence-corrected chi connectivity index (χ4v) is 0. The van der Waals surface area contributed by atoms with Gasteiger partial charge in [-0.1, -0.05) is 0 Å². The van der Waals surface area contributed by atoms with Crippen LogP contribution in [0.4, 0.5) is 0 Å². The van der Waals surface area contributed by atoms with Crippen molar-refractivity contribution >= 4 is 0 Å². The van der Waals surface area contributed by atoms with Gasteiger partial charge in [0.15, 0.2) is 0 Å². The monoisotopic (exact) mass is 377 g/mol. The van der Waals surface area contributed by atoms with Crippen molar-refractivity contribution in [2.24, 2.45) is 0 Å². The second kappa shape index (κ2) is 974. The summed E-state index contributed by atoms with van der Waals surface area (Å²) in [4.78, 5) is 0. The van der Waals surface area contributed by atoms with Crippen molar-refractivity contribution < 1.29 is 74.0 Å². The minimum Gasteiger partial charge on any atom is -0.727 e. The fraction of sp³-hybridized carbons (Fsp3) is 0. The second-order valence-corrected chi connectivity index (χ2v) is 0. The first kappa shape index (κ1) is 99.4. The first-order chi connectivity index (χ1) is 2.00. The normalized spacial score (nSPS) is 1.33. The summed E-state index contributed by atoms with van der Waals surface area (Å²) in [5, 5.41) is 25.0. The number of hydrogen-bond acceptors (Lipinski definition) is 4. The summed E-state index contributed by atoms with van der Waals surface area (Å²) >= 11 is 0. The van der Waals surface area contributed by atoms with Crippen LogP contribution < -0.4 is 5.26 Å². The maximum atomic E-state index is 7.25. The van der Waals surface area contributed by atoms with Crippen molar-refractivity contribution in [3.05, 3.63) is 0 Å². The molecule has 9 heavy (non-hydrogen) atoms. The molecule has 0 unspecified atom stereocenters. The zero-order chi connectivity index (χ0) is 4.00. The van der Waals surface area contributed by atoms with Gasteiger partial charge in [0.2, 0.25) is 0 Å². The van der Waals surface area contributed by atoms with Crippen molar-refractivity contribution in [1.29, 1.82) is 0 Å². The molecule has 0 atom stereocenters. The zero-order valence-corrected chi connectivity index (χ0v) is 8.41. The Morgan fingerprint density at radius 1 is 0.667 bits per heavy atom. The summed E-state index contributed by atoms with van der Waals surface area (Å²) in [6, 6.07) is 0. The second-order valence-electron chi connectivity index (χ2n) is 0. The van der Waals surface area contributed by atoms with Gasteiger partial charge in [-0.05, 0) is 0 Å². The standard InChI is InChI=1S/2H2O2.4H2O.U/c2*1-2;;;;;/h2*1-2H;4*1H2;/p-1. The van der Waals surface area contributed by atoms with Crippen LogP contribution >= 0.6 is 0 Å². The van der Waals surface area contributed by atoms with Gasteiger partial charge in [-0.15, -0.1) is 0 Å². The molecule has 0 bridgehead atoms. The number of rotatable bonds is 0. The SMILES string of the molecule is O.O.O.O.OO.[O-]O.[U]. The molecule has 64 valence electrons. The molecule has 0 rings (SSSR count). The van der Waals surface area contributed by atoms with E-state index in [1.54, 1.807) is 0 Å². The average molecular weight is 377 g/mol. The van der Waals surface area contributed by atoms with Crippen molar-refractivity contribution in [1.82, 2.24) is 0 Å². The van der Waals surface area contributed by atoms with Crippen LogP contribution in [0.3, 0.4) is 0 Å². The predicted octanol–water partition coefficient (Wildman–Crippen LogP) is -4.46. The Morgan fingerprint density at radius 2 is 0.667 bits per heavy atom. The molecule has 0 aliphatic heterocycles. The van der Waals surface area contributed by atoms with Gasteiger partial charge in [0.25, 0.3) is 0 Å². The van der Waals surface area contributed by atoms with Gasteiger partial charge < -0.3 is 32.4 Å². The van der Waals surface area contributed by atoms with Gasteiger partial charge in [0.1, 0.15) is 0 Å². The molecular weight excluding hydrogens is 366 g/mol. The van der Waals surface area contributed by atoms with Crippen molar-refractivity contribution in [3.8, 4) is 0 Å². The molecule has 0 aliphatic rings. The molecule has 0 saturated carbocycles. The van der Waals surface area contributed by atoms with E-state index in [1.807, 2.05) is 0 Å². The molecule has 0 aromatic rings. The summed E-state index contributed by atoms with van der Waals surface area (Å²) < 4.78 is 0. The molecule has 0 heterocycles. The van der Waals surface area contributed by atoms with Gasteiger partial charge >= 0.3 is 0 Å². The third kappa shape index (κ3) is 739. The summed E-state index contributed by atoms with van der Waals surface area (Å²) in [5.74, 6) is 0. The molecule has 0 aliphatic carbocycles. The third-order valence-electron chi connectivity index (χ3n) is 0. The average Bonchev–Trinajstić information content (AvgIpc) is 1.50. The summed E-state index contributed by atoms with van der Waals surface area (Å²) in [6.07, 6.45) is 0. The molecular formula is H11O8U-. The minimum absolute atomic E-state index is 0. The third-order valence-corrected chi connectivity index (χ3v) is 0. The molecule has 0 fully saturated rings. The Labute approximate surface area is 74.2 Å².